The van der Waals surface area contributed by atoms with Crippen LogP contribution in [-0.2, 0) is 4.79 Å². The Labute approximate surface area is 142 Å². The maximum atomic E-state index is 10.6. The lowest BCUT2D eigenvalue weighted by molar-refractivity contribution is -0.222. The van der Waals surface area contributed by atoms with Crippen LogP contribution in [0.1, 0.15) is 11.1 Å². The van der Waals surface area contributed by atoms with Crippen LogP contribution in [0.5, 0.6) is 17.2 Å². The summed E-state index contributed by atoms with van der Waals surface area (Å²) in [5, 5.41) is 61.1. The number of aliphatic hydroxyl groups excluding tert-OH is 3. The lowest BCUT2D eigenvalue weighted by atomic mass is 9.93. The van der Waals surface area contributed by atoms with Crippen LogP contribution in [0, 0.1) is 6.92 Å². The van der Waals surface area contributed by atoms with Gasteiger partial charge in [0.2, 0.25) is 19.0 Å². The van der Waals surface area contributed by atoms with Gasteiger partial charge in [0.1, 0.15) is 6.10 Å². The average Bonchev–Trinajstić information content (AvgIpc) is 3.06. The molecule has 1 heterocycles. The molecule has 1 aromatic carbocycles. The average molecular weight is 357 g/mol. The van der Waals surface area contributed by atoms with Crippen molar-refractivity contribution in [3.63, 3.8) is 0 Å². The van der Waals surface area contributed by atoms with Crippen LogP contribution in [-0.4, -0.2) is 68.9 Å². The molecule has 0 radical (unpaired) electrons. The van der Waals surface area contributed by atoms with Gasteiger partial charge < -0.3 is 45.4 Å². The smallest absolute Gasteiger partial charge is 0.252 e. The van der Waals surface area contributed by atoms with Gasteiger partial charge in [0, 0.05) is 17.7 Å². The number of ether oxygens (including phenoxy) is 2. The number of aromatic hydroxyl groups is 1. The molecule has 1 unspecified atom stereocenters. The van der Waals surface area contributed by atoms with Crippen LogP contribution >= 0.6 is 0 Å². The number of carbonyl (C=O) groups excluding carboxylic acids is 1. The summed E-state index contributed by atoms with van der Waals surface area (Å²) in [6, 6.07) is 1.37. The van der Waals surface area contributed by atoms with Gasteiger partial charge in [-0.05, 0) is 18.6 Å². The molecule has 0 bridgehead atoms. The highest BCUT2D eigenvalue weighted by molar-refractivity contribution is 5.78. The van der Waals surface area contributed by atoms with E-state index in [4.69, 9.17) is 14.6 Å². The molecule has 0 saturated carbocycles. The van der Waals surface area contributed by atoms with Gasteiger partial charge in [-0.1, -0.05) is 0 Å². The van der Waals surface area contributed by atoms with Crippen LogP contribution in [0.3, 0.4) is 0 Å². The predicted molar refractivity (Wildman–Crippen MR) is 82.8 cm³/mol. The molecule has 1 aliphatic heterocycles. The zero-order chi connectivity index (χ0) is 18.8. The van der Waals surface area contributed by atoms with E-state index in [0.717, 1.165) is 0 Å². The first-order valence-corrected chi connectivity index (χ1v) is 7.21. The van der Waals surface area contributed by atoms with Crippen LogP contribution in [0.4, 0.5) is 0 Å². The summed E-state index contributed by atoms with van der Waals surface area (Å²) in [6.07, 6.45) is -1.80. The van der Waals surface area contributed by atoms with Gasteiger partial charge in [-0.25, -0.2) is 0 Å². The third kappa shape index (κ3) is 3.33. The monoisotopic (exact) mass is 357 g/mol. The first-order chi connectivity index (χ1) is 11.8. The second kappa shape index (κ2) is 7.15. The Kier molecular flexibility index (Phi) is 5.38. The second-order valence-corrected chi connectivity index (χ2v) is 5.38. The number of amides is 1. The zero-order valence-corrected chi connectivity index (χ0v) is 13.3. The summed E-state index contributed by atoms with van der Waals surface area (Å²) in [5.41, 5.74) is 0.106. The fourth-order valence-corrected chi connectivity index (χ4v) is 2.39. The van der Waals surface area contributed by atoms with Crippen molar-refractivity contribution >= 4 is 12.0 Å². The Bertz CT molecular complexity index is 699. The van der Waals surface area contributed by atoms with Gasteiger partial charge in [0.15, 0.2) is 17.3 Å². The minimum atomic E-state index is -3.19. The molecule has 0 fully saturated rings. The minimum Gasteiger partial charge on any atom is -0.506 e. The van der Waals surface area contributed by atoms with Crippen LogP contribution in [0.15, 0.2) is 11.8 Å². The molecule has 10 heteroatoms. The highest BCUT2D eigenvalue weighted by Gasteiger charge is 2.40. The Balaban J connectivity index is 2.65. The Morgan fingerprint density at radius 3 is 2.72 bits per heavy atom. The third-order valence-electron chi connectivity index (χ3n) is 3.85. The van der Waals surface area contributed by atoms with Gasteiger partial charge >= 0.3 is 0 Å². The number of hydrogen-bond donors (Lipinski definition) is 7. The summed E-state index contributed by atoms with van der Waals surface area (Å²) >= 11 is 0. The van der Waals surface area contributed by atoms with Crippen LogP contribution in [0.25, 0.3) is 5.57 Å². The first-order valence-electron chi connectivity index (χ1n) is 7.21. The van der Waals surface area contributed by atoms with E-state index in [1.165, 1.54) is 13.0 Å². The number of fused-ring (bicyclic) bond motifs is 1. The maximum Gasteiger partial charge on any atom is 0.252 e. The molecule has 1 aromatic rings. The largest absolute Gasteiger partial charge is 0.506 e. The quantitative estimate of drug-likeness (QED) is 0.174. The molecule has 1 aliphatic rings. The fraction of sp³-hybridized carbons (Fsp3) is 0.400. The molecule has 138 valence electrons. The molecule has 0 aliphatic carbocycles. The molecular weight excluding hydrogens is 338 g/mol. The number of aliphatic hydroxyl groups is 5. The van der Waals surface area contributed by atoms with Crippen molar-refractivity contribution in [3.8, 4) is 17.2 Å². The molecule has 25 heavy (non-hydrogen) atoms. The van der Waals surface area contributed by atoms with Gasteiger partial charge in [0.05, 0.1) is 6.61 Å². The van der Waals surface area contributed by atoms with Crippen molar-refractivity contribution in [1.82, 2.24) is 5.32 Å². The van der Waals surface area contributed by atoms with Crippen molar-refractivity contribution in [3.05, 3.63) is 23.0 Å². The number of rotatable bonds is 7. The standard InChI is InChI=1S/C15H19NO9/c1-7-8(2-10-13(12(7)20)25-6-24-10)9(3-16-5-18)14(21)15(22,23)11(19)4-17/h2,5,11,17,19-23H,3-4,6H2,1H3,(H,16,18)/b14-9-. The molecule has 1 atom stereocenters. The number of benzene rings is 1. The Hall–Kier alpha value is -2.53. The lowest BCUT2D eigenvalue weighted by Gasteiger charge is -2.28. The molecular formula is C15H19NO9. The van der Waals surface area contributed by atoms with Crippen molar-refractivity contribution in [1.29, 1.82) is 0 Å². The van der Waals surface area contributed by atoms with E-state index >= 15 is 0 Å². The Morgan fingerprint density at radius 1 is 1.44 bits per heavy atom. The van der Waals surface area contributed by atoms with Crippen molar-refractivity contribution < 1.29 is 44.9 Å². The van der Waals surface area contributed by atoms with Crippen LogP contribution in [0.2, 0.25) is 0 Å². The molecule has 1 amide bonds. The molecule has 0 aromatic heterocycles. The minimum absolute atomic E-state index is 0.0955. The molecule has 0 saturated heterocycles. The summed E-state index contributed by atoms with van der Waals surface area (Å²) < 4.78 is 10.3. The van der Waals surface area contributed by atoms with E-state index in [0.29, 0.717) is 6.41 Å². The highest BCUT2D eigenvalue weighted by atomic mass is 16.7. The van der Waals surface area contributed by atoms with E-state index in [1.54, 1.807) is 0 Å². The number of hydrogen-bond acceptors (Lipinski definition) is 9. The van der Waals surface area contributed by atoms with E-state index in [2.05, 4.69) is 5.32 Å². The number of phenols is 1. The van der Waals surface area contributed by atoms with Gasteiger partial charge in [-0.15, -0.1) is 0 Å². The second-order valence-electron chi connectivity index (χ2n) is 5.38. The van der Waals surface area contributed by atoms with E-state index in [-0.39, 0.29) is 47.3 Å². The van der Waals surface area contributed by atoms with Gasteiger partial charge in [0.25, 0.3) is 5.79 Å². The molecule has 7 N–H and O–H groups in total. The molecule has 2 rings (SSSR count). The number of nitrogens with one attached hydrogen (secondary N) is 1. The van der Waals surface area contributed by atoms with E-state index in [9.17, 15) is 30.3 Å². The lowest BCUT2D eigenvalue weighted by Crippen LogP contribution is -2.47. The predicted octanol–water partition coefficient (Wildman–Crippen LogP) is -1.52. The molecule has 0 spiro atoms. The van der Waals surface area contributed by atoms with E-state index in [1.807, 2.05) is 0 Å². The van der Waals surface area contributed by atoms with Crippen molar-refractivity contribution in [2.45, 2.75) is 18.8 Å². The Morgan fingerprint density at radius 2 is 2.12 bits per heavy atom. The SMILES string of the molecule is Cc1c(/C(CNC=O)=C(\O)C(O)(O)C(O)CO)cc2c(c1O)OCO2. The third-order valence-corrected chi connectivity index (χ3v) is 3.85. The topological polar surface area (TPSA) is 169 Å². The summed E-state index contributed by atoms with van der Waals surface area (Å²) in [7, 11) is 0. The van der Waals surface area contributed by atoms with E-state index < -0.39 is 24.3 Å². The van der Waals surface area contributed by atoms with Crippen molar-refractivity contribution in [2.24, 2.45) is 0 Å². The zero-order valence-electron chi connectivity index (χ0n) is 13.3. The fourth-order valence-electron chi connectivity index (χ4n) is 2.39. The number of phenolic OH excluding ortho intramolecular Hbond substituents is 1. The van der Waals surface area contributed by atoms with Crippen molar-refractivity contribution in [2.75, 3.05) is 19.9 Å². The normalized spacial score (nSPS) is 15.6. The van der Waals surface area contributed by atoms with Crippen LogP contribution < -0.4 is 14.8 Å². The number of carbonyl (C=O) groups is 1. The highest BCUT2D eigenvalue weighted by Crippen LogP contribution is 2.46. The summed E-state index contributed by atoms with van der Waals surface area (Å²) in [6.45, 7) is -0.0661. The van der Waals surface area contributed by atoms with Gasteiger partial charge in [-0.3, -0.25) is 4.79 Å². The van der Waals surface area contributed by atoms with Gasteiger partial charge in [-0.2, -0.15) is 0 Å². The molecule has 10 nitrogen and oxygen atoms in total. The summed E-state index contributed by atoms with van der Waals surface area (Å²) in [5.74, 6) is -4.33. The summed E-state index contributed by atoms with van der Waals surface area (Å²) in [4.78, 5) is 10.6. The maximum absolute atomic E-state index is 10.6. The first kappa shape index (κ1) is 18.8.